The molecule has 1 rings (SSSR count). The number of hydrogen-bond donors (Lipinski definition) is 1. The van der Waals surface area contributed by atoms with Crippen LogP contribution in [0.1, 0.15) is 20.3 Å². The van der Waals surface area contributed by atoms with Crippen LogP contribution >= 0.6 is 11.8 Å². The maximum Gasteiger partial charge on any atom is 0.329 e. The molecule has 0 heterocycles. The van der Waals surface area contributed by atoms with Crippen molar-refractivity contribution in [2.24, 2.45) is 11.8 Å². The fourth-order valence-electron chi connectivity index (χ4n) is 2.15. The molecular weight excluding hydrogens is 310 g/mol. The van der Waals surface area contributed by atoms with Gasteiger partial charge in [-0.15, -0.1) is 0 Å². The van der Waals surface area contributed by atoms with Gasteiger partial charge in [0.15, 0.2) is 0 Å². The van der Waals surface area contributed by atoms with Crippen LogP contribution in [0, 0.1) is 11.8 Å². The van der Waals surface area contributed by atoms with Gasteiger partial charge in [-0.3, -0.25) is 14.4 Å². The Labute approximate surface area is 133 Å². The Bertz CT molecular complexity index is 453. The van der Waals surface area contributed by atoms with E-state index in [-0.39, 0.29) is 42.4 Å². The predicted octanol–water partition coefficient (Wildman–Crippen LogP) is 0.166. The highest BCUT2D eigenvalue weighted by molar-refractivity contribution is 7.99. The molecule has 1 aliphatic carbocycles. The summed E-state index contributed by atoms with van der Waals surface area (Å²) in [5.41, 5.74) is 0. The Balaban J connectivity index is 2.46. The fourth-order valence-corrected chi connectivity index (χ4v) is 3.41. The van der Waals surface area contributed by atoms with Crippen LogP contribution in [-0.2, 0) is 28.7 Å². The van der Waals surface area contributed by atoms with Gasteiger partial charge < -0.3 is 14.8 Å². The summed E-state index contributed by atoms with van der Waals surface area (Å²) < 4.78 is 9.54. The molecule has 124 valence electrons. The van der Waals surface area contributed by atoms with Gasteiger partial charge >= 0.3 is 11.9 Å². The minimum Gasteiger partial charge on any atom is -0.467 e. The van der Waals surface area contributed by atoms with Crippen molar-refractivity contribution in [3.8, 4) is 0 Å². The van der Waals surface area contributed by atoms with E-state index in [0.717, 1.165) is 0 Å². The van der Waals surface area contributed by atoms with Crippen LogP contribution in [0.4, 0.5) is 0 Å². The molecule has 0 aromatic carbocycles. The average molecular weight is 331 g/mol. The Kier molecular flexibility index (Phi) is 7.37. The lowest BCUT2D eigenvalue weighted by atomic mass is 9.73. The molecule has 3 atom stereocenters. The summed E-state index contributed by atoms with van der Waals surface area (Å²) in [5.74, 6) is -1.26. The van der Waals surface area contributed by atoms with Gasteiger partial charge in [0.25, 0.3) is 0 Å². The van der Waals surface area contributed by atoms with Crippen molar-refractivity contribution in [1.82, 2.24) is 5.32 Å². The van der Waals surface area contributed by atoms with Gasteiger partial charge in [-0.05, 0) is 6.92 Å². The van der Waals surface area contributed by atoms with Gasteiger partial charge in [-0.25, -0.2) is 4.79 Å². The Morgan fingerprint density at radius 2 is 2.09 bits per heavy atom. The first kappa shape index (κ1) is 18.5. The number of thioether (sulfide) groups is 1. The van der Waals surface area contributed by atoms with Crippen molar-refractivity contribution in [3.63, 3.8) is 0 Å². The van der Waals surface area contributed by atoms with E-state index in [1.165, 1.54) is 25.8 Å². The maximum absolute atomic E-state index is 11.7. The Morgan fingerprint density at radius 1 is 1.41 bits per heavy atom. The van der Waals surface area contributed by atoms with Gasteiger partial charge in [-0.2, -0.15) is 11.8 Å². The van der Waals surface area contributed by atoms with Crippen molar-refractivity contribution in [2.75, 3.05) is 25.2 Å². The molecule has 1 aliphatic rings. The standard InChI is InChI=1S/C14H21NO6S/c1-4-21-13(18)9-5-12(17)10(9)6-22-7-11(14(19)20-3)15-8(2)16/h9-11H,4-7H2,1-3H3,(H,15,16)/t9-,10+,11-/m0/s1. The lowest BCUT2D eigenvalue weighted by molar-refractivity contribution is -0.159. The minimum absolute atomic E-state index is 0.0275. The number of carbonyl (C=O) groups excluding carboxylic acids is 4. The van der Waals surface area contributed by atoms with E-state index in [4.69, 9.17) is 4.74 Å². The van der Waals surface area contributed by atoms with E-state index >= 15 is 0 Å². The van der Waals surface area contributed by atoms with E-state index in [1.54, 1.807) is 6.92 Å². The maximum atomic E-state index is 11.7. The van der Waals surface area contributed by atoms with Crippen molar-refractivity contribution < 1.29 is 28.7 Å². The molecule has 1 N–H and O–H groups in total. The molecule has 0 saturated heterocycles. The summed E-state index contributed by atoms with van der Waals surface area (Å²) in [4.78, 5) is 45.9. The number of ketones is 1. The molecule has 1 amide bonds. The second kappa shape index (κ2) is 8.77. The largest absolute Gasteiger partial charge is 0.467 e. The molecular formula is C14H21NO6S. The quantitative estimate of drug-likeness (QED) is 0.633. The van der Waals surface area contributed by atoms with Crippen molar-refractivity contribution in [1.29, 1.82) is 0 Å². The van der Waals surface area contributed by atoms with E-state index in [9.17, 15) is 19.2 Å². The van der Waals surface area contributed by atoms with Gasteiger partial charge in [0.05, 0.1) is 19.6 Å². The number of esters is 2. The number of carbonyl (C=O) groups is 4. The summed E-state index contributed by atoms with van der Waals surface area (Å²) >= 11 is 1.33. The molecule has 0 unspecified atom stereocenters. The van der Waals surface area contributed by atoms with E-state index in [2.05, 4.69) is 10.1 Å². The summed E-state index contributed by atoms with van der Waals surface area (Å²) in [6.07, 6.45) is 0.218. The molecule has 22 heavy (non-hydrogen) atoms. The molecule has 8 heteroatoms. The summed E-state index contributed by atoms with van der Waals surface area (Å²) in [7, 11) is 1.24. The Hall–Kier alpha value is -1.57. The highest BCUT2D eigenvalue weighted by Crippen LogP contribution is 2.34. The highest BCUT2D eigenvalue weighted by Gasteiger charge is 2.45. The van der Waals surface area contributed by atoms with Gasteiger partial charge in [0, 0.05) is 30.8 Å². The fraction of sp³-hybridized carbons (Fsp3) is 0.714. The van der Waals surface area contributed by atoms with Crippen LogP contribution in [0.3, 0.4) is 0 Å². The van der Waals surface area contributed by atoms with E-state index in [1.807, 2.05) is 0 Å². The summed E-state index contributed by atoms with van der Waals surface area (Å²) in [6.45, 7) is 3.32. The third kappa shape index (κ3) is 5.01. The second-order valence-corrected chi connectivity index (χ2v) is 6.02. The molecule has 0 aliphatic heterocycles. The molecule has 7 nitrogen and oxygen atoms in total. The van der Waals surface area contributed by atoms with Gasteiger partial charge in [0.2, 0.25) is 5.91 Å². The third-order valence-corrected chi connectivity index (χ3v) is 4.52. The molecule has 0 aromatic rings. The molecule has 0 spiro atoms. The second-order valence-electron chi connectivity index (χ2n) is 4.95. The van der Waals surface area contributed by atoms with E-state index < -0.39 is 17.9 Å². The zero-order valence-corrected chi connectivity index (χ0v) is 13.7. The lowest BCUT2D eigenvalue weighted by Gasteiger charge is -2.32. The molecule has 0 aromatic heterocycles. The number of Topliss-reactive ketones (excluding diaryl/α,β-unsaturated/α-hetero) is 1. The highest BCUT2D eigenvalue weighted by atomic mass is 32.2. The number of ether oxygens (including phenoxy) is 2. The number of amides is 1. The normalized spacial score (nSPS) is 21.5. The van der Waals surface area contributed by atoms with Crippen molar-refractivity contribution in [2.45, 2.75) is 26.3 Å². The first-order valence-corrected chi connectivity index (χ1v) is 8.18. The smallest absolute Gasteiger partial charge is 0.329 e. The van der Waals surface area contributed by atoms with Crippen LogP contribution < -0.4 is 5.32 Å². The molecule has 0 radical (unpaired) electrons. The SMILES string of the molecule is CCOC(=O)[C@H]1CC(=O)[C@@H]1CSC[C@H](NC(C)=O)C(=O)OC. The zero-order valence-electron chi connectivity index (χ0n) is 12.9. The average Bonchev–Trinajstić information content (AvgIpc) is 2.46. The van der Waals surface area contributed by atoms with Crippen LogP contribution in [0.2, 0.25) is 0 Å². The first-order chi connectivity index (χ1) is 10.4. The lowest BCUT2D eigenvalue weighted by Crippen LogP contribution is -2.45. The van der Waals surface area contributed by atoms with Crippen LogP contribution in [0.15, 0.2) is 0 Å². The van der Waals surface area contributed by atoms with Gasteiger partial charge in [-0.1, -0.05) is 0 Å². The number of methoxy groups -OCH3 is 1. The number of hydrogen-bond acceptors (Lipinski definition) is 7. The molecule has 1 fully saturated rings. The topological polar surface area (TPSA) is 98.8 Å². The summed E-state index contributed by atoms with van der Waals surface area (Å²) in [5, 5.41) is 2.49. The van der Waals surface area contributed by atoms with Gasteiger partial charge in [0.1, 0.15) is 11.8 Å². The Morgan fingerprint density at radius 3 is 2.59 bits per heavy atom. The van der Waals surface area contributed by atoms with E-state index in [0.29, 0.717) is 5.75 Å². The first-order valence-electron chi connectivity index (χ1n) is 7.02. The van der Waals surface area contributed by atoms with Crippen molar-refractivity contribution in [3.05, 3.63) is 0 Å². The van der Waals surface area contributed by atoms with Crippen LogP contribution in [0.25, 0.3) is 0 Å². The number of rotatable bonds is 8. The van der Waals surface area contributed by atoms with Crippen LogP contribution in [-0.4, -0.2) is 54.9 Å². The monoisotopic (exact) mass is 331 g/mol. The zero-order chi connectivity index (χ0) is 16.7. The van der Waals surface area contributed by atoms with Crippen molar-refractivity contribution >= 4 is 35.4 Å². The molecule has 1 saturated carbocycles. The number of nitrogens with one attached hydrogen (secondary N) is 1. The summed E-state index contributed by atoms with van der Waals surface area (Å²) in [6, 6.07) is -0.760. The predicted molar refractivity (Wildman–Crippen MR) is 80.2 cm³/mol. The third-order valence-electron chi connectivity index (χ3n) is 3.35. The minimum atomic E-state index is -0.760. The van der Waals surface area contributed by atoms with Crippen LogP contribution in [0.5, 0.6) is 0 Å². The molecule has 0 bridgehead atoms.